The van der Waals surface area contributed by atoms with Gasteiger partial charge < -0.3 is 29.0 Å². The van der Waals surface area contributed by atoms with Gasteiger partial charge in [-0.3, -0.25) is 14.2 Å². The molecule has 0 bridgehead atoms. The predicted molar refractivity (Wildman–Crippen MR) is 245 cm³/mol. The van der Waals surface area contributed by atoms with E-state index in [0.717, 1.165) is 62.5 Å². The van der Waals surface area contributed by atoms with Crippen LogP contribution < -0.4 is 11.2 Å². The first-order valence-corrected chi connectivity index (χ1v) is 24.0. The number of esters is 1. The Morgan fingerprint density at radius 2 is 1.19 bits per heavy atom. The Bertz CT molecular complexity index is 1200. The molecule has 4 unspecified atom stereocenters. The van der Waals surface area contributed by atoms with Crippen molar-refractivity contribution in [3.63, 3.8) is 0 Å². The molecule has 11 heteroatoms. The van der Waals surface area contributed by atoms with E-state index in [0.29, 0.717) is 18.8 Å². The van der Waals surface area contributed by atoms with Gasteiger partial charge in [0.25, 0.3) is 5.56 Å². The Labute approximate surface area is 361 Å². The molecule has 1 aliphatic heterocycles. The monoisotopic (exact) mass is 840 g/mol. The topological polar surface area (TPSA) is 129 Å². The molecule has 1 aliphatic rings. The number of methoxy groups -OCH3 is 1. The molecule has 0 amide bonds. The maximum absolute atomic E-state index is 13.1. The van der Waals surface area contributed by atoms with Crippen LogP contribution in [-0.2, 0) is 30.3 Å². The molecule has 59 heavy (non-hydrogen) atoms. The maximum Gasteiger partial charge on any atom is 0.333 e. The number of nitrogens with zero attached hydrogens (tertiary/aromatic N) is 3. The number of carbonyl (C=O) groups excluding carboxylic acids is 2. The Morgan fingerprint density at radius 3 is 1.61 bits per heavy atom. The van der Waals surface area contributed by atoms with Crippen molar-refractivity contribution in [2.24, 2.45) is 0 Å². The third-order valence-electron chi connectivity index (χ3n) is 10.6. The summed E-state index contributed by atoms with van der Waals surface area (Å²) in [5.41, 5.74) is -1.02. The van der Waals surface area contributed by atoms with E-state index < -0.39 is 23.4 Å². The van der Waals surface area contributed by atoms with E-state index in [1.54, 1.807) is 0 Å². The number of aromatic nitrogens is 2. The van der Waals surface area contributed by atoms with Crippen molar-refractivity contribution in [3.05, 3.63) is 33.1 Å². The Hall–Kier alpha value is -2.34. The van der Waals surface area contributed by atoms with Gasteiger partial charge in [-0.05, 0) is 65.5 Å². The molecule has 2 rings (SSSR count). The lowest BCUT2D eigenvalue weighted by Gasteiger charge is -2.20. The van der Waals surface area contributed by atoms with Crippen molar-refractivity contribution in [1.29, 1.82) is 0 Å². The number of rotatable bonds is 32. The van der Waals surface area contributed by atoms with Gasteiger partial charge in [0.2, 0.25) is 0 Å². The van der Waals surface area contributed by atoms with Gasteiger partial charge in [-0.25, -0.2) is 9.36 Å². The minimum Gasteiger partial charge on any atom is -0.461 e. The molecule has 1 N–H and O–H groups in total. The smallest absolute Gasteiger partial charge is 0.333 e. The molecule has 1 fully saturated rings. The summed E-state index contributed by atoms with van der Waals surface area (Å²) >= 11 is 0. The fourth-order valence-corrected chi connectivity index (χ4v) is 7.23. The second-order valence-corrected chi connectivity index (χ2v) is 16.1. The fraction of sp³-hybridized carbons (Fsp3) is 0.875. The normalized spacial score (nSPS) is 15.6. The number of aldehydes is 1. The van der Waals surface area contributed by atoms with Crippen molar-refractivity contribution in [1.82, 2.24) is 14.0 Å². The zero-order valence-corrected chi connectivity index (χ0v) is 39.7. The number of unbranched alkanes of at least 4 members (excludes halogenated alkanes) is 16. The van der Waals surface area contributed by atoms with Crippen LogP contribution in [0, 0.1) is 0 Å². The van der Waals surface area contributed by atoms with Crippen LogP contribution in [0.2, 0.25) is 0 Å². The first kappa shape index (κ1) is 58.8. The highest BCUT2D eigenvalue weighted by molar-refractivity contribution is 5.69. The predicted octanol–water partition coefficient (Wildman–Crippen LogP) is 10.8. The minimum absolute atomic E-state index is 0.0395. The Kier molecular flexibility index (Phi) is 42.2. The van der Waals surface area contributed by atoms with Gasteiger partial charge in [0, 0.05) is 25.9 Å². The molecular formula is C48H93N3O8. The molecule has 11 nitrogen and oxygen atoms in total. The van der Waals surface area contributed by atoms with Gasteiger partial charge in [-0.15, -0.1) is 0 Å². The molecule has 1 saturated heterocycles. The van der Waals surface area contributed by atoms with E-state index in [1.165, 1.54) is 126 Å². The second kappa shape index (κ2) is 42.4. The van der Waals surface area contributed by atoms with Crippen LogP contribution in [-0.4, -0.2) is 84.1 Å². The van der Waals surface area contributed by atoms with Crippen LogP contribution in [0.4, 0.5) is 0 Å². The summed E-state index contributed by atoms with van der Waals surface area (Å²) in [6, 6.07) is 1.33. The highest BCUT2D eigenvalue weighted by Gasteiger charge is 2.28. The number of hydrogen-bond acceptors (Lipinski definition) is 9. The standard InChI is InChI=1S/C28H49N3O5.C16H34O.C2H4O2.C2H6/c1-5-7-9-11-12-14-16-23(15-13-10-8-6-2)36-27(33)22-31-25(32)19-20-30(28(31)34)26-18-17-24(35-26)21-29(3)4;1-4-6-8-10-11-13-15-16(17-3)14-12-9-7-5-2;3-1-2-4;1-2/h19-20,23-24,26H,5-18,21-22H2,1-4H3;16H,4-15H2,1-3H3;1,4H,2H2;1-2H3. The molecule has 0 aliphatic carbocycles. The van der Waals surface area contributed by atoms with E-state index in [2.05, 4.69) is 32.6 Å². The zero-order valence-electron chi connectivity index (χ0n) is 39.7. The van der Waals surface area contributed by atoms with E-state index >= 15 is 0 Å². The van der Waals surface area contributed by atoms with E-state index in [1.807, 2.05) is 35.1 Å². The van der Waals surface area contributed by atoms with E-state index in [4.69, 9.17) is 24.1 Å². The van der Waals surface area contributed by atoms with E-state index in [-0.39, 0.29) is 25.4 Å². The molecule has 4 atom stereocenters. The van der Waals surface area contributed by atoms with Crippen molar-refractivity contribution >= 4 is 12.3 Å². The Balaban J connectivity index is 0. The largest absolute Gasteiger partial charge is 0.461 e. The lowest BCUT2D eigenvalue weighted by molar-refractivity contribution is -0.150. The third kappa shape index (κ3) is 32.1. The highest BCUT2D eigenvalue weighted by atomic mass is 16.5. The molecule has 2 heterocycles. The third-order valence-corrected chi connectivity index (χ3v) is 10.6. The summed E-state index contributed by atoms with van der Waals surface area (Å²) in [6.45, 7) is 13.0. The van der Waals surface area contributed by atoms with Crippen molar-refractivity contribution < 1.29 is 28.9 Å². The lowest BCUT2D eigenvalue weighted by atomic mass is 10.0. The number of aliphatic hydroxyl groups excluding tert-OH is 1. The van der Waals surface area contributed by atoms with Crippen LogP contribution >= 0.6 is 0 Å². The molecular weight excluding hydrogens is 747 g/mol. The molecule has 0 saturated carbocycles. The summed E-state index contributed by atoms with van der Waals surface area (Å²) < 4.78 is 19.8. The number of carbonyl (C=O) groups is 2. The van der Waals surface area contributed by atoms with Crippen LogP contribution in [0.5, 0.6) is 0 Å². The number of hydrogen-bond donors (Lipinski definition) is 1. The minimum atomic E-state index is -0.523. The molecule has 0 spiro atoms. The van der Waals surface area contributed by atoms with Crippen molar-refractivity contribution in [2.75, 3.05) is 34.4 Å². The van der Waals surface area contributed by atoms with Gasteiger partial charge in [0.15, 0.2) is 0 Å². The molecule has 348 valence electrons. The summed E-state index contributed by atoms with van der Waals surface area (Å²) in [7, 11) is 5.85. The van der Waals surface area contributed by atoms with E-state index in [9.17, 15) is 14.4 Å². The maximum atomic E-state index is 13.1. The van der Waals surface area contributed by atoms with Crippen LogP contribution in [0.25, 0.3) is 0 Å². The molecule has 0 radical (unpaired) electrons. The van der Waals surface area contributed by atoms with Gasteiger partial charge in [0.1, 0.15) is 25.2 Å². The molecule has 1 aromatic rings. The lowest BCUT2D eigenvalue weighted by Crippen LogP contribution is -2.42. The van der Waals surface area contributed by atoms with Crippen LogP contribution in [0.1, 0.15) is 215 Å². The summed E-state index contributed by atoms with van der Waals surface area (Å²) in [6.07, 6.45) is 33.0. The number of likely N-dealkylation sites (N-methyl/N-ethyl adjacent to an activating group) is 1. The molecule has 0 aromatic carbocycles. The highest BCUT2D eigenvalue weighted by Crippen LogP contribution is 2.27. The SMILES string of the molecule is CC.CCCCCCCCC(CCCCCC)OC.CCCCCCCCC(CCCCCC)OC(=O)Cn1c(=O)ccn(C2CCC(CN(C)C)O2)c1=O.O=CCO. The van der Waals surface area contributed by atoms with Gasteiger partial charge >= 0.3 is 11.7 Å². The second-order valence-electron chi connectivity index (χ2n) is 16.1. The average Bonchev–Trinajstić information content (AvgIpc) is 3.69. The fourth-order valence-electron chi connectivity index (χ4n) is 7.23. The summed E-state index contributed by atoms with van der Waals surface area (Å²) in [5, 5.41) is 7.51. The Morgan fingerprint density at radius 1 is 0.763 bits per heavy atom. The first-order valence-electron chi connectivity index (χ1n) is 24.0. The van der Waals surface area contributed by atoms with Gasteiger partial charge in [-0.2, -0.15) is 0 Å². The first-order chi connectivity index (χ1) is 28.6. The number of ether oxygens (including phenoxy) is 3. The van der Waals surface area contributed by atoms with Crippen molar-refractivity contribution in [2.45, 2.75) is 240 Å². The number of aliphatic hydroxyl groups is 1. The van der Waals surface area contributed by atoms with Crippen molar-refractivity contribution in [3.8, 4) is 0 Å². The summed E-state index contributed by atoms with van der Waals surface area (Å²) in [5.74, 6) is -0.517. The van der Waals surface area contributed by atoms with Crippen LogP contribution in [0.3, 0.4) is 0 Å². The zero-order chi connectivity index (χ0) is 44.5. The van der Waals surface area contributed by atoms with Gasteiger partial charge in [0.05, 0.1) is 18.8 Å². The van der Waals surface area contributed by atoms with Gasteiger partial charge in [-0.1, -0.05) is 157 Å². The quantitative estimate of drug-likeness (QED) is 0.0428. The average molecular weight is 840 g/mol. The molecule has 1 aromatic heterocycles. The van der Waals surface area contributed by atoms with Crippen LogP contribution in [0.15, 0.2) is 21.9 Å². The summed E-state index contributed by atoms with van der Waals surface area (Å²) in [4.78, 5) is 49.4.